The number of nitrogens with one attached hydrogen (secondary N) is 1. The van der Waals surface area contributed by atoms with Crippen LogP contribution >= 0.6 is 0 Å². The van der Waals surface area contributed by atoms with Gasteiger partial charge < -0.3 is 20.1 Å². The van der Waals surface area contributed by atoms with Gasteiger partial charge in [-0.2, -0.15) is 0 Å². The fraction of sp³-hybridized carbons (Fsp3) is 0.833. The summed E-state index contributed by atoms with van der Waals surface area (Å²) in [5.41, 5.74) is 0. The molecule has 0 aromatic rings. The molecular formula is C12H22N2O4. The highest BCUT2D eigenvalue weighted by Crippen LogP contribution is 2.07. The topological polar surface area (TPSA) is 78.9 Å². The first-order valence-corrected chi connectivity index (χ1v) is 6.37. The standard InChI is InChI=1S/C12H22N2O4/c1-9(4-3-5-11(15)16)13-12(17)14-6-7-18-8-10(14)2/h9-10H,3-8H2,1-2H3,(H,13,17)(H,15,16). The van der Waals surface area contributed by atoms with Crippen molar-refractivity contribution in [3.63, 3.8) is 0 Å². The molecule has 0 aliphatic carbocycles. The molecule has 6 nitrogen and oxygen atoms in total. The minimum atomic E-state index is -0.796. The Hall–Kier alpha value is -1.30. The van der Waals surface area contributed by atoms with E-state index in [-0.39, 0.29) is 24.5 Å². The molecule has 6 heteroatoms. The van der Waals surface area contributed by atoms with Gasteiger partial charge in [0.05, 0.1) is 19.3 Å². The first-order chi connectivity index (χ1) is 8.50. The van der Waals surface area contributed by atoms with Crippen LogP contribution in [0.15, 0.2) is 0 Å². The van der Waals surface area contributed by atoms with E-state index in [0.29, 0.717) is 32.6 Å². The Labute approximate surface area is 107 Å². The first-order valence-electron chi connectivity index (χ1n) is 6.37. The number of carbonyl (C=O) groups is 2. The van der Waals surface area contributed by atoms with E-state index < -0.39 is 5.97 Å². The quantitative estimate of drug-likeness (QED) is 0.773. The van der Waals surface area contributed by atoms with E-state index in [4.69, 9.17) is 9.84 Å². The van der Waals surface area contributed by atoms with E-state index in [1.54, 1.807) is 4.90 Å². The summed E-state index contributed by atoms with van der Waals surface area (Å²) in [5, 5.41) is 11.4. The second-order valence-corrected chi connectivity index (χ2v) is 4.75. The van der Waals surface area contributed by atoms with Crippen LogP contribution in [0.1, 0.15) is 33.1 Å². The van der Waals surface area contributed by atoms with Gasteiger partial charge in [-0.1, -0.05) is 0 Å². The first kappa shape index (κ1) is 14.8. The molecule has 1 aliphatic rings. The number of hydrogen-bond acceptors (Lipinski definition) is 3. The molecule has 0 radical (unpaired) electrons. The molecule has 0 saturated carbocycles. The monoisotopic (exact) mass is 258 g/mol. The Kier molecular flexibility index (Phi) is 5.91. The van der Waals surface area contributed by atoms with Crippen molar-refractivity contribution in [2.45, 2.75) is 45.2 Å². The van der Waals surface area contributed by atoms with E-state index in [1.165, 1.54) is 0 Å². The van der Waals surface area contributed by atoms with Crippen LogP contribution in [0, 0.1) is 0 Å². The molecule has 2 N–H and O–H groups in total. The lowest BCUT2D eigenvalue weighted by molar-refractivity contribution is -0.137. The number of amides is 2. The third-order valence-electron chi connectivity index (χ3n) is 3.03. The zero-order valence-electron chi connectivity index (χ0n) is 11.0. The summed E-state index contributed by atoms with van der Waals surface area (Å²) in [5.74, 6) is -0.796. The van der Waals surface area contributed by atoms with E-state index >= 15 is 0 Å². The zero-order chi connectivity index (χ0) is 13.5. The van der Waals surface area contributed by atoms with Crippen LogP contribution in [0.3, 0.4) is 0 Å². The van der Waals surface area contributed by atoms with Crippen molar-refractivity contribution in [2.24, 2.45) is 0 Å². The summed E-state index contributed by atoms with van der Waals surface area (Å²) in [4.78, 5) is 24.1. The molecule has 2 unspecified atom stereocenters. The number of carboxylic acid groups (broad SMARTS) is 1. The predicted octanol–water partition coefficient (Wildman–Crippen LogP) is 1.06. The van der Waals surface area contributed by atoms with Crippen molar-refractivity contribution in [3.05, 3.63) is 0 Å². The predicted molar refractivity (Wildman–Crippen MR) is 66.5 cm³/mol. The van der Waals surface area contributed by atoms with Crippen molar-refractivity contribution in [1.82, 2.24) is 10.2 Å². The van der Waals surface area contributed by atoms with Crippen LogP contribution in [0.5, 0.6) is 0 Å². The summed E-state index contributed by atoms with van der Waals surface area (Å²) in [6.07, 6.45) is 1.40. The number of nitrogens with zero attached hydrogens (tertiary/aromatic N) is 1. The van der Waals surface area contributed by atoms with Gasteiger partial charge in [0.25, 0.3) is 0 Å². The maximum atomic E-state index is 12.0. The lowest BCUT2D eigenvalue weighted by Gasteiger charge is -2.34. The Morgan fingerprint density at radius 3 is 2.89 bits per heavy atom. The third kappa shape index (κ3) is 4.91. The van der Waals surface area contributed by atoms with Gasteiger partial charge in [-0.15, -0.1) is 0 Å². The molecule has 2 atom stereocenters. The molecule has 1 rings (SSSR count). The molecule has 0 bridgehead atoms. The van der Waals surface area contributed by atoms with Gasteiger partial charge in [0.1, 0.15) is 0 Å². The summed E-state index contributed by atoms with van der Waals surface area (Å²) in [6, 6.07) is -0.00881. The normalized spacial score (nSPS) is 21.4. The summed E-state index contributed by atoms with van der Waals surface area (Å²) < 4.78 is 5.27. The highest BCUT2D eigenvalue weighted by atomic mass is 16.5. The number of carboxylic acids is 1. The van der Waals surface area contributed by atoms with Gasteiger partial charge in [-0.25, -0.2) is 4.79 Å². The minimum absolute atomic E-state index is 0.00750. The zero-order valence-corrected chi connectivity index (χ0v) is 11.0. The van der Waals surface area contributed by atoms with Crippen LogP contribution in [-0.4, -0.2) is 53.8 Å². The molecule has 2 amide bonds. The molecule has 18 heavy (non-hydrogen) atoms. The maximum absolute atomic E-state index is 12.0. The van der Waals surface area contributed by atoms with Crippen molar-refractivity contribution >= 4 is 12.0 Å². The highest BCUT2D eigenvalue weighted by Gasteiger charge is 2.24. The van der Waals surface area contributed by atoms with Crippen LogP contribution in [0.25, 0.3) is 0 Å². The molecule has 1 aliphatic heterocycles. The molecule has 0 spiro atoms. The van der Waals surface area contributed by atoms with Crippen molar-refractivity contribution < 1.29 is 19.4 Å². The summed E-state index contributed by atoms with van der Waals surface area (Å²) >= 11 is 0. The fourth-order valence-electron chi connectivity index (χ4n) is 1.95. The van der Waals surface area contributed by atoms with Crippen LogP contribution < -0.4 is 5.32 Å². The smallest absolute Gasteiger partial charge is 0.318 e. The highest BCUT2D eigenvalue weighted by molar-refractivity contribution is 5.75. The lowest BCUT2D eigenvalue weighted by atomic mass is 10.1. The summed E-state index contributed by atoms with van der Waals surface area (Å²) in [7, 11) is 0. The largest absolute Gasteiger partial charge is 0.481 e. The Balaban J connectivity index is 2.27. The third-order valence-corrected chi connectivity index (χ3v) is 3.03. The van der Waals surface area contributed by atoms with Gasteiger partial charge in [-0.3, -0.25) is 4.79 Å². The SMILES string of the molecule is CC(CCCC(=O)O)NC(=O)N1CCOCC1C. The van der Waals surface area contributed by atoms with Gasteiger partial charge in [0.15, 0.2) is 0 Å². The molecule has 0 aromatic heterocycles. The Morgan fingerprint density at radius 2 is 2.28 bits per heavy atom. The molecular weight excluding hydrogens is 236 g/mol. The number of urea groups is 1. The molecule has 1 saturated heterocycles. The van der Waals surface area contributed by atoms with E-state index in [2.05, 4.69) is 5.32 Å². The average molecular weight is 258 g/mol. The molecule has 104 valence electrons. The Morgan fingerprint density at radius 1 is 1.56 bits per heavy atom. The molecule has 1 heterocycles. The second kappa shape index (κ2) is 7.20. The van der Waals surface area contributed by atoms with Gasteiger partial charge >= 0.3 is 12.0 Å². The second-order valence-electron chi connectivity index (χ2n) is 4.75. The number of rotatable bonds is 5. The number of hydrogen-bond donors (Lipinski definition) is 2. The van der Waals surface area contributed by atoms with Gasteiger partial charge in [0.2, 0.25) is 0 Å². The van der Waals surface area contributed by atoms with Crippen molar-refractivity contribution in [3.8, 4) is 0 Å². The van der Waals surface area contributed by atoms with E-state index in [0.717, 1.165) is 0 Å². The number of aliphatic carboxylic acids is 1. The molecule has 0 aromatic carbocycles. The minimum Gasteiger partial charge on any atom is -0.481 e. The van der Waals surface area contributed by atoms with Crippen molar-refractivity contribution in [1.29, 1.82) is 0 Å². The number of carbonyl (C=O) groups excluding carboxylic acids is 1. The van der Waals surface area contributed by atoms with E-state index in [1.807, 2.05) is 13.8 Å². The van der Waals surface area contributed by atoms with Crippen molar-refractivity contribution in [2.75, 3.05) is 19.8 Å². The Bertz CT molecular complexity index is 296. The number of ether oxygens (including phenoxy) is 1. The van der Waals surface area contributed by atoms with E-state index in [9.17, 15) is 9.59 Å². The molecule has 1 fully saturated rings. The van der Waals surface area contributed by atoms with Gasteiger partial charge in [-0.05, 0) is 26.7 Å². The van der Waals surface area contributed by atoms with Crippen LogP contribution in [0.4, 0.5) is 4.79 Å². The lowest BCUT2D eigenvalue weighted by Crippen LogP contribution is -2.52. The average Bonchev–Trinajstić information content (AvgIpc) is 2.28. The van der Waals surface area contributed by atoms with Gasteiger partial charge in [0, 0.05) is 19.0 Å². The maximum Gasteiger partial charge on any atom is 0.318 e. The van der Waals surface area contributed by atoms with Crippen LogP contribution in [-0.2, 0) is 9.53 Å². The fourth-order valence-corrected chi connectivity index (χ4v) is 1.95. The summed E-state index contributed by atoms with van der Waals surface area (Å²) in [6.45, 7) is 5.60. The van der Waals surface area contributed by atoms with Crippen LogP contribution in [0.2, 0.25) is 0 Å². The number of morpholine rings is 1.